The predicted octanol–water partition coefficient (Wildman–Crippen LogP) is 3.34. The molecule has 1 aromatic heterocycles. The van der Waals surface area contributed by atoms with Gasteiger partial charge < -0.3 is 26.4 Å². The highest BCUT2D eigenvalue weighted by molar-refractivity contribution is 6.03. The maximum absolute atomic E-state index is 13.4. The smallest absolute Gasteiger partial charge is 0.251 e. The zero-order valence-corrected chi connectivity index (χ0v) is 22.1. The number of carbonyl (C=O) groups is 3. The van der Waals surface area contributed by atoms with Crippen molar-refractivity contribution in [2.75, 3.05) is 10.2 Å². The molecule has 5 rings (SSSR count). The zero-order valence-electron chi connectivity index (χ0n) is 22.1. The molecule has 2 bridgehead atoms. The lowest BCUT2D eigenvalue weighted by Crippen LogP contribution is -2.50. The number of hydrogen-bond acceptors (Lipinski definition) is 7. The number of nitrogens with one attached hydrogen (secondary N) is 2. The normalized spacial score (nSPS) is 26.6. The maximum Gasteiger partial charge on any atom is 0.251 e. The van der Waals surface area contributed by atoms with Crippen LogP contribution in [0.5, 0.6) is 0 Å². The number of Topliss-reactive ketones (excluding diaryl/α,β-unsaturated/α-hetero) is 1. The first kappa shape index (κ1) is 26.2. The molecule has 5 N–H and O–H groups in total. The summed E-state index contributed by atoms with van der Waals surface area (Å²) >= 11 is 0. The summed E-state index contributed by atoms with van der Waals surface area (Å²) in [7, 11) is 0. The Morgan fingerprint density at radius 3 is 2.24 bits per heavy atom. The number of nitrogens with two attached hydrogens (primary N) is 1. The number of piperidine rings is 1. The minimum absolute atomic E-state index is 0.00324. The van der Waals surface area contributed by atoms with E-state index in [-0.39, 0.29) is 42.0 Å². The number of ketones is 1. The highest BCUT2D eigenvalue weighted by atomic mass is 16.3. The number of fused-ring (bicyclic) bond motifs is 2. The Bertz CT molecular complexity index is 1210. The van der Waals surface area contributed by atoms with Gasteiger partial charge in [-0.05, 0) is 95.0 Å². The summed E-state index contributed by atoms with van der Waals surface area (Å²) in [5, 5.41) is 16.5. The Morgan fingerprint density at radius 1 is 0.974 bits per heavy atom. The molecule has 0 radical (unpaired) electrons. The summed E-state index contributed by atoms with van der Waals surface area (Å²) in [6.45, 7) is 3.36. The summed E-state index contributed by atoms with van der Waals surface area (Å²) in [4.78, 5) is 44.1. The van der Waals surface area contributed by atoms with Gasteiger partial charge in [0.1, 0.15) is 5.82 Å². The molecule has 2 aromatic rings. The van der Waals surface area contributed by atoms with Crippen molar-refractivity contribution in [3.63, 3.8) is 0 Å². The number of amides is 2. The second-order valence-electron chi connectivity index (χ2n) is 11.1. The first-order valence-corrected chi connectivity index (χ1v) is 13.6. The van der Waals surface area contributed by atoms with Crippen LogP contribution in [0, 0.1) is 6.92 Å². The van der Waals surface area contributed by atoms with Crippen molar-refractivity contribution in [3.8, 4) is 0 Å². The van der Waals surface area contributed by atoms with Crippen molar-refractivity contribution in [3.05, 3.63) is 52.7 Å². The van der Waals surface area contributed by atoms with Gasteiger partial charge in [0.15, 0.2) is 5.78 Å². The minimum atomic E-state index is -0.535. The molecule has 38 heavy (non-hydrogen) atoms. The van der Waals surface area contributed by atoms with Gasteiger partial charge in [0.25, 0.3) is 11.8 Å². The highest BCUT2D eigenvalue weighted by Crippen LogP contribution is 2.39. The van der Waals surface area contributed by atoms with Crippen LogP contribution >= 0.6 is 0 Å². The molecule has 2 amide bonds. The molecular formula is C29H37N5O4. The monoisotopic (exact) mass is 519 g/mol. The Kier molecular flexibility index (Phi) is 7.38. The molecule has 2 atom stereocenters. The number of nitrogens with zero attached hydrogens (tertiary/aromatic N) is 2. The second-order valence-corrected chi connectivity index (χ2v) is 11.1. The molecule has 2 aliphatic heterocycles. The fourth-order valence-corrected chi connectivity index (χ4v) is 6.40. The fourth-order valence-electron chi connectivity index (χ4n) is 6.40. The summed E-state index contributed by atoms with van der Waals surface area (Å²) in [6.07, 6.45) is 8.11. The fraction of sp³-hybridized carbons (Fsp3) is 0.517. The third-order valence-electron chi connectivity index (χ3n) is 8.42. The third-order valence-corrected chi connectivity index (χ3v) is 8.42. The minimum Gasteiger partial charge on any atom is -0.393 e. The van der Waals surface area contributed by atoms with Crippen LogP contribution in [0.1, 0.15) is 94.9 Å². The molecular weight excluding hydrogens is 482 g/mol. The van der Waals surface area contributed by atoms with Gasteiger partial charge in [-0.2, -0.15) is 0 Å². The predicted molar refractivity (Wildman–Crippen MR) is 146 cm³/mol. The molecule has 9 heteroatoms. The van der Waals surface area contributed by atoms with E-state index in [1.54, 1.807) is 18.3 Å². The number of carbonyl (C=O) groups excluding carboxylic acids is 3. The SMILES string of the molecule is CC(=O)c1ccc(N2C3CCC2CC(NC(=O)c2cc(N[C@H]4CC[C@H](O)CC4)c(C(N)=O)cc2C)C3)nc1. The topological polar surface area (TPSA) is 138 Å². The van der Waals surface area contributed by atoms with E-state index >= 15 is 0 Å². The summed E-state index contributed by atoms with van der Waals surface area (Å²) in [5.74, 6) is 0.203. The molecule has 202 valence electrons. The number of anilines is 2. The molecule has 0 spiro atoms. The van der Waals surface area contributed by atoms with E-state index in [4.69, 9.17) is 5.73 Å². The average Bonchev–Trinajstić information content (AvgIpc) is 3.16. The van der Waals surface area contributed by atoms with Gasteiger partial charge in [0.2, 0.25) is 0 Å². The van der Waals surface area contributed by atoms with Crippen LogP contribution in [0.25, 0.3) is 0 Å². The van der Waals surface area contributed by atoms with E-state index < -0.39 is 5.91 Å². The first-order chi connectivity index (χ1) is 18.2. The van der Waals surface area contributed by atoms with Gasteiger partial charge in [0.05, 0.1) is 11.7 Å². The number of benzene rings is 1. The molecule has 1 aromatic carbocycles. The average molecular weight is 520 g/mol. The van der Waals surface area contributed by atoms with Crippen LogP contribution in [0.2, 0.25) is 0 Å². The molecule has 3 aliphatic rings. The van der Waals surface area contributed by atoms with E-state index in [1.165, 1.54) is 6.92 Å². The van der Waals surface area contributed by atoms with Crippen LogP contribution in [0.15, 0.2) is 30.5 Å². The van der Waals surface area contributed by atoms with Crippen molar-refractivity contribution >= 4 is 29.1 Å². The Hall–Kier alpha value is -3.46. The van der Waals surface area contributed by atoms with Gasteiger partial charge in [-0.15, -0.1) is 0 Å². The van der Waals surface area contributed by atoms with E-state index in [0.717, 1.165) is 44.3 Å². The van der Waals surface area contributed by atoms with Crippen LogP contribution in [0.4, 0.5) is 11.5 Å². The lowest BCUT2D eigenvalue weighted by Gasteiger charge is -2.40. The van der Waals surface area contributed by atoms with Crippen molar-refractivity contribution < 1.29 is 19.5 Å². The number of hydrogen-bond donors (Lipinski definition) is 4. The maximum atomic E-state index is 13.4. The number of aliphatic hydroxyl groups is 1. The molecule has 3 heterocycles. The quantitative estimate of drug-likeness (QED) is 0.412. The molecule has 2 saturated heterocycles. The molecule has 1 aliphatic carbocycles. The number of rotatable bonds is 7. The number of aliphatic hydroxyl groups excluding tert-OH is 1. The lowest BCUT2D eigenvalue weighted by molar-refractivity contribution is 0.0924. The Morgan fingerprint density at radius 2 is 1.66 bits per heavy atom. The van der Waals surface area contributed by atoms with E-state index in [0.29, 0.717) is 40.8 Å². The molecule has 1 saturated carbocycles. The van der Waals surface area contributed by atoms with E-state index in [9.17, 15) is 19.5 Å². The number of aromatic nitrogens is 1. The van der Waals surface area contributed by atoms with Gasteiger partial charge >= 0.3 is 0 Å². The first-order valence-electron chi connectivity index (χ1n) is 13.6. The largest absolute Gasteiger partial charge is 0.393 e. The summed E-state index contributed by atoms with van der Waals surface area (Å²) in [6, 6.07) is 7.93. The Balaban J connectivity index is 1.28. The summed E-state index contributed by atoms with van der Waals surface area (Å²) < 4.78 is 0. The lowest BCUT2D eigenvalue weighted by atomic mass is 9.92. The van der Waals surface area contributed by atoms with Crippen molar-refractivity contribution in [2.24, 2.45) is 5.73 Å². The number of pyridine rings is 1. The van der Waals surface area contributed by atoms with Crippen LogP contribution < -0.4 is 21.3 Å². The standard InChI is InChI=1S/C29H37N5O4/c1-16-11-25(28(30)37)26(32-19-4-8-23(36)9-5-19)14-24(16)29(38)33-20-12-21-6-7-22(13-20)34(21)27-10-3-18(15-31-27)17(2)35/h3,10-11,14-15,19-23,32,36H,4-9,12-13H2,1-2H3,(H2,30,37)(H,33,38)/t19-,20?,21?,22?,23-. The van der Waals surface area contributed by atoms with E-state index in [1.807, 2.05) is 19.1 Å². The molecule has 2 unspecified atom stereocenters. The van der Waals surface area contributed by atoms with Crippen LogP contribution in [0.3, 0.4) is 0 Å². The van der Waals surface area contributed by atoms with Crippen molar-refractivity contribution in [1.29, 1.82) is 0 Å². The molecule has 9 nitrogen and oxygen atoms in total. The number of aryl methyl sites for hydroxylation is 1. The van der Waals surface area contributed by atoms with Gasteiger partial charge in [0, 0.05) is 47.2 Å². The highest BCUT2D eigenvalue weighted by Gasteiger charge is 2.42. The number of primary amides is 1. The zero-order chi connectivity index (χ0) is 27.0. The van der Waals surface area contributed by atoms with E-state index in [2.05, 4.69) is 20.5 Å². The van der Waals surface area contributed by atoms with Gasteiger partial charge in [-0.25, -0.2) is 4.98 Å². The van der Waals surface area contributed by atoms with Crippen molar-refractivity contribution in [1.82, 2.24) is 10.3 Å². The molecule has 3 fully saturated rings. The summed E-state index contributed by atoms with van der Waals surface area (Å²) in [5.41, 5.74) is 8.45. The third kappa shape index (κ3) is 5.38. The Labute approximate surface area is 223 Å². The van der Waals surface area contributed by atoms with Crippen molar-refractivity contribution in [2.45, 2.75) is 95.5 Å². The second kappa shape index (κ2) is 10.7. The van der Waals surface area contributed by atoms with Crippen LogP contribution in [-0.2, 0) is 0 Å². The van der Waals surface area contributed by atoms with Gasteiger partial charge in [-0.1, -0.05) is 0 Å². The van der Waals surface area contributed by atoms with Gasteiger partial charge in [-0.3, -0.25) is 14.4 Å². The van der Waals surface area contributed by atoms with Crippen LogP contribution in [-0.4, -0.2) is 58.0 Å².